The Morgan fingerprint density at radius 2 is 1.92 bits per heavy atom. The third-order valence-electron chi connectivity index (χ3n) is 6.51. The molecule has 0 radical (unpaired) electrons. The van der Waals surface area contributed by atoms with Crippen molar-refractivity contribution in [2.75, 3.05) is 37.7 Å². The summed E-state index contributed by atoms with van der Waals surface area (Å²) in [5, 5.41) is 12.2. The minimum atomic E-state index is -0.0427. The average Bonchev–Trinajstić information content (AvgIpc) is 3.50. The van der Waals surface area contributed by atoms with Crippen LogP contribution in [0.1, 0.15) is 30.9 Å². The number of piperazine rings is 1. The van der Waals surface area contributed by atoms with E-state index in [1.54, 1.807) is 11.0 Å². The van der Waals surface area contributed by atoms with Gasteiger partial charge in [0, 0.05) is 56.2 Å². The van der Waals surface area contributed by atoms with Crippen LogP contribution in [0.3, 0.4) is 0 Å². The smallest absolute Gasteiger partial charge is 0.317 e. The Kier molecular flexibility index (Phi) is 6.75. The SMILES string of the molecule is CCOc1cc(N2CCN(C(=O)NCc3c(CC)nn4ccccc34)CC2)ccc1-n1cnc(C)n1. The number of pyridine rings is 1. The predicted octanol–water partition coefficient (Wildman–Crippen LogP) is 3.22. The van der Waals surface area contributed by atoms with Gasteiger partial charge in [0.2, 0.25) is 0 Å². The Balaban J connectivity index is 1.22. The Hall–Kier alpha value is -4.08. The number of fused-ring (bicyclic) bond motifs is 1. The van der Waals surface area contributed by atoms with Crippen molar-refractivity contribution in [3.8, 4) is 11.4 Å². The number of amides is 2. The Labute approximate surface area is 210 Å². The molecule has 1 fully saturated rings. The first-order valence-corrected chi connectivity index (χ1v) is 12.5. The first-order valence-electron chi connectivity index (χ1n) is 12.5. The van der Waals surface area contributed by atoms with E-state index in [9.17, 15) is 4.79 Å². The van der Waals surface area contributed by atoms with Crippen molar-refractivity contribution in [1.29, 1.82) is 0 Å². The molecule has 1 N–H and O–H groups in total. The number of carbonyl (C=O) groups is 1. The second kappa shape index (κ2) is 10.3. The van der Waals surface area contributed by atoms with E-state index < -0.39 is 0 Å². The highest BCUT2D eigenvalue weighted by Crippen LogP contribution is 2.29. The van der Waals surface area contributed by atoms with E-state index in [-0.39, 0.29) is 6.03 Å². The molecule has 4 aromatic rings. The maximum atomic E-state index is 12.9. The van der Waals surface area contributed by atoms with E-state index in [0.717, 1.165) is 53.4 Å². The number of carbonyl (C=O) groups excluding carboxylic acids is 1. The molecule has 5 rings (SSSR count). The molecule has 36 heavy (non-hydrogen) atoms. The highest BCUT2D eigenvalue weighted by molar-refractivity contribution is 5.75. The topological polar surface area (TPSA) is 92.8 Å². The van der Waals surface area contributed by atoms with Crippen molar-refractivity contribution in [2.45, 2.75) is 33.7 Å². The van der Waals surface area contributed by atoms with Crippen LogP contribution in [-0.4, -0.2) is 68.1 Å². The number of benzene rings is 1. The van der Waals surface area contributed by atoms with Crippen molar-refractivity contribution >= 4 is 17.2 Å². The molecule has 10 heteroatoms. The summed E-state index contributed by atoms with van der Waals surface area (Å²) in [4.78, 5) is 21.3. The average molecular weight is 489 g/mol. The molecule has 0 saturated carbocycles. The van der Waals surface area contributed by atoms with Crippen LogP contribution < -0.4 is 15.0 Å². The van der Waals surface area contributed by atoms with Crippen molar-refractivity contribution in [1.82, 2.24) is 34.6 Å². The van der Waals surface area contributed by atoms with Crippen molar-refractivity contribution < 1.29 is 9.53 Å². The molecule has 3 aromatic heterocycles. The van der Waals surface area contributed by atoms with E-state index in [4.69, 9.17) is 4.74 Å². The molecule has 0 bridgehead atoms. The lowest BCUT2D eigenvalue weighted by molar-refractivity contribution is 0.194. The molecule has 4 heterocycles. The summed E-state index contributed by atoms with van der Waals surface area (Å²) in [5.74, 6) is 1.48. The van der Waals surface area contributed by atoms with Gasteiger partial charge in [-0.15, -0.1) is 0 Å². The first kappa shape index (κ1) is 23.7. The van der Waals surface area contributed by atoms with E-state index >= 15 is 0 Å². The Bertz CT molecular complexity index is 1350. The van der Waals surface area contributed by atoms with E-state index in [2.05, 4.69) is 38.4 Å². The molecule has 188 valence electrons. The fraction of sp³-hybridized carbons (Fsp3) is 0.385. The first-order chi connectivity index (χ1) is 17.6. The van der Waals surface area contributed by atoms with Gasteiger partial charge in [-0.3, -0.25) is 0 Å². The third kappa shape index (κ3) is 4.71. The summed E-state index contributed by atoms with van der Waals surface area (Å²) in [5.41, 5.74) is 5.06. The number of aryl methyl sites for hydroxylation is 2. The number of aromatic nitrogens is 5. The van der Waals surface area contributed by atoms with E-state index in [1.165, 1.54) is 0 Å². The molecular formula is C26H32N8O2. The van der Waals surface area contributed by atoms with Gasteiger partial charge >= 0.3 is 6.03 Å². The molecule has 0 spiro atoms. The molecule has 1 aliphatic heterocycles. The molecule has 1 saturated heterocycles. The van der Waals surface area contributed by atoms with Crippen LogP contribution in [0.5, 0.6) is 5.75 Å². The van der Waals surface area contributed by atoms with Gasteiger partial charge in [-0.1, -0.05) is 13.0 Å². The quantitative estimate of drug-likeness (QED) is 0.429. The van der Waals surface area contributed by atoms with Crippen LogP contribution in [0.15, 0.2) is 48.9 Å². The van der Waals surface area contributed by atoms with Gasteiger partial charge in [0.25, 0.3) is 0 Å². The van der Waals surface area contributed by atoms with Crippen molar-refractivity contribution in [2.24, 2.45) is 0 Å². The lowest BCUT2D eigenvalue weighted by atomic mass is 10.1. The van der Waals surface area contributed by atoms with Crippen molar-refractivity contribution in [3.63, 3.8) is 0 Å². The minimum Gasteiger partial charge on any atom is -0.492 e. The van der Waals surface area contributed by atoms with E-state index in [0.29, 0.717) is 32.1 Å². The summed E-state index contributed by atoms with van der Waals surface area (Å²) >= 11 is 0. The third-order valence-corrected chi connectivity index (χ3v) is 6.51. The molecule has 0 unspecified atom stereocenters. The highest BCUT2D eigenvalue weighted by Gasteiger charge is 2.23. The van der Waals surface area contributed by atoms with Crippen LogP contribution in [0.25, 0.3) is 11.2 Å². The van der Waals surface area contributed by atoms with Gasteiger partial charge in [0.05, 0.1) is 17.8 Å². The Morgan fingerprint density at radius 3 is 2.64 bits per heavy atom. The number of anilines is 1. The van der Waals surface area contributed by atoms with Gasteiger partial charge in [0.1, 0.15) is 23.6 Å². The summed E-state index contributed by atoms with van der Waals surface area (Å²) < 4.78 is 9.53. The van der Waals surface area contributed by atoms with Gasteiger partial charge in [-0.05, 0) is 44.5 Å². The lowest BCUT2D eigenvalue weighted by Gasteiger charge is -2.36. The van der Waals surface area contributed by atoms with Gasteiger partial charge in [-0.25, -0.2) is 19.0 Å². The molecular weight excluding hydrogens is 456 g/mol. The summed E-state index contributed by atoms with van der Waals surface area (Å²) in [6.45, 7) is 9.74. The number of hydrogen-bond acceptors (Lipinski definition) is 6. The van der Waals surface area contributed by atoms with Crippen LogP contribution in [0, 0.1) is 6.92 Å². The number of nitrogens with one attached hydrogen (secondary N) is 1. The van der Waals surface area contributed by atoms with Crippen LogP contribution in [0.4, 0.5) is 10.5 Å². The monoisotopic (exact) mass is 488 g/mol. The number of nitrogens with zero attached hydrogens (tertiary/aromatic N) is 7. The second-order valence-electron chi connectivity index (χ2n) is 8.76. The highest BCUT2D eigenvalue weighted by atomic mass is 16.5. The zero-order valence-corrected chi connectivity index (χ0v) is 21.0. The van der Waals surface area contributed by atoms with Crippen molar-refractivity contribution in [3.05, 3.63) is 66.0 Å². The molecule has 0 atom stereocenters. The van der Waals surface area contributed by atoms with Gasteiger partial charge < -0.3 is 19.9 Å². The number of hydrogen-bond donors (Lipinski definition) is 1. The molecule has 1 aromatic carbocycles. The summed E-state index contributed by atoms with van der Waals surface area (Å²) in [7, 11) is 0. The fourth-order valence-electron chi connectivity index (χ4n) is 4.64. The van der Waals surface area contributed by atoms with Crippen LogP contribution >= 0.6 is 0 Å². The second-order valence-corrected chi connectivity index (χ2v) is 8.76. The fourth-order valence-corrected chi connectivity index (χ4v) is 4.64. The zero-order chi connectivity index (χ0) is 25.1. The van der Waals surface area contributed by atoms with Gasteiger partial charge in [0.15, 0.2) is 0 Å². The maximum absolute atomic E-state index is 12.9. The minimum absolute atomic E-state index is 0.0427. The molecule has 10 nitrogen and oxygen atoms in total. The predicted molar refractivity (Wildman–Crippen MR) is 138 cm³/mol. The van der Waals surface area contributed by atoms with E-state index in [1.807, 2.05) is 59.8 Å². The number of rotatable bonds is 7. The summed E-state index contributed by atoms with van der Waals surface area (Å²) in [6.07, 6.45) is 4.46. The van der Waals surface area contributed by atoms with Gasteiger partial charge in [-0.2, -0.15) is 10.2 Å². The zero-order valence-electron chi connectivity index (χ0n) is 21.0. The largest absolute Gasteiger partial charge is 0.492 e. The standard InChI is InChI=1S/C26H32N8O2/c1-4-22-21(23-8-6-7-11-33(23)30-22)17-27-26(35)32-14-12-31(13-15-32)20-9-10-24(25(16-20)36-5-2)34-18-28-19(3)29-34/h6-11,16,18H,4-5,12-15,17H2,1-3H3,(H,27,35). The van der Waals surface area contributed by atoms with Crippen LogP contribution in [-0.2, 0) is 13.0 Å². The maximum Gasteiger partial charge on any atom is 0.317 e. The molecule has 1 aliphatic rings. The Morgan fingerprint density at radius 1 is 1.08 bits per heavy atom. The number of urea groups is 1. The normalized spacial score (nSPS) is 13.9. The lowest BCUT2D eigenvalue weighted by Crippen LogP contribution is -2.51. The molecule has 2 amide bonds. The summed E-state index contributed by atoms with van der Waals surface area (Å²) in [6, 6.07) is 12.1. The van der Waals surface area contributed by atoms with Crippen LogP contribution in [0.2, 0.25) is 0 Å². The molecule has 0 aliphatic carbocycles. The number of ether oxygens (including phenoxy) is 1.